The molecule has 1 aliphatic carbocycles. The SMILES string of the molecule is O=C(NC[C@H]1CC[C@H](C(=O)NCc2cccnc2)CC1)c1ccccc1. The highest BCUT2D eigenvalue weighted by Gasteiger charge is 2.26. The summed E-state index contributed by atoms with van der Waals surface area (Å²) in [7, 11) is 0. The Morgan fingerprint density at radius 2 is 1.73 bits per heavy atom. The van der Waals surface area contributed by atoms with Crippen molar-refractivity contribution in [1.82, 2.24) is 15.6 Å². The van der Waals surface area contributed by atoms with Crippen LogP contribution >= 0.6 is 0 Å². The van der Waals surface area contributed by atoms with E-state index in [1.807, 2.05) is 42.5 Å². The number of nitrogens with one attached hydrogen (secondary N) is 2. The highest BCUT2D eigenvalue weighted by Crippen LogP contribution is 2.28. The zero-order valence-corrected chi connectivity index (χ0v) is 14.9. The number of benzene rings is 1. The van der Waals surface area contributed by atoms with Gasteiger partial charge in [0.2, 0.25) is 5.91 Å². The van der Waals surface area contributed by atoms with Crippen molar-refractivity contribution in [2.24, 2.45) is 11.8 Å². The van der Waals surface area contributed by atoms with Crippen LogP contribution in [0.5, 0.6) is 0 Å². The van der Waals surface area contributed by atoms with E-state index in [1.165, 1.54) is 0 Å². The van der Waals surface area contributed by atoms with Crippen molar-refractivity contribution in [3.8, 4) is 0 Å². The maximum Gasteiger partial charge on any atom is 0.251 e. The number of nitrogens with zero attached hydrogens (tertiary/aromatic N) is 1. The fraction of sp³-hybridized carbons (Fsp3) is 0.381. The minimum atomic E-state index is -0.0260. The summed E-state index contributed by atoms with van der Waals surface area (Å²) in [6.07, 6.45) is 7.20. The minimum absolute atomic E-state index is 0.0260. The molecule has 0 radical (unpaired) electrons. The van der Waals surface area contributed by atoms with Crippen LogP contribution in [0.15, 0.2) is 54.9 Å². The Hall–Kier alpha value is -2.69. The van der Waals surface area contributed by atoms with Gasteiger partial charge in [0.1, 0.15) is 0 Å². The smallest absolute Gasteiger partial charge is 0.251 e. The molecule has 2 amide bonds. The Kier molecular flexibility index (Phi) is 6.36. The van der Waals surface area contributed by atoms with E-state index < -0.39 is 0 Å². The van der Waals surface area contributed by atoms with Gasteiger partial charge in [-0.3, -0.25) is 14.6 Å². The number of carbonyl (C=O) groups is 2. The van der Waals surface area contributed by atoms with Crippen molar-refractivity contribution in [3.63, 3.8) is 0 Å². The Labute approximate surface area is 154 Å². The van der Waals surface area contributed by atoms with E-state index in [0.29, 0.717) is 24.6 Å². The van der Waals surface area contributed by atoms with Crippen molar-refractivity contribution >= 4 is 11.8 Å². The molecule has 0 bridgehead atoms. The van der Waals surface area contributed by atoms with Gasteiger partial charge in [0, 0.05) is 37.0 Å². The fourth-order valence-corrected chi connectivity index (χ4v) is 3.39. The average Bonchev–Trinajstić information content (AvgIpc) is 2.72. The molecule has 26 heavy (non-hydrogen) atoms. The van der Waals surface area contributed by atoms with Crippen LogP contribution in [-0.2, 0) is 11.3 Å². The van der Waals surface area contributed by atoms with Crippen LogP contribution in [0, 0.1) is 11.8 Å². The molecule has 2 aromatic rings. The molecule has 136 valence electrons. The monoisotopic (exact) mass is 351 g/mol. The first kappa shape index (κ1) is 18.1. The summed E-state index contributed by atoms with van der Waals surface area (Å²) in [5.41, 5.74) is 1.70. The molecule has 1 saturated carbocycles. The third-order valence-electron chi connectivity index (χ3n) is 4.99. The Balaban J connectivity index is 1.37. The molecule has 0 unspecified atom stereocenters. The summed E-state index contributed by atoms with van der Waals surface area (Å²) in [6, 6.07) is 13.1. The highest BCUT2D eigenvalue weighted by molar-refractivity contribution is 5.94. The minimum Gasteiger partial charge on any atom is -0.352 e. The first-order valence-corrected chi connectivity index (χ1v) is 9.22. The van der Waals surface area contributed by atoms with E-state index >= 15 is 0 Å². The average molecular weight is 351 g/mol. The van der Waals surface area contributed by atoms with Crippen LogP contribution < -0.4 is 10.6 Å². The van der Waals surface area contributed by atoms with Crippen LogP contribution in [0.3, 0.4) is 0 Å². The molecule has 3 rings (SSSR count). The molecule has 1 aliphatic rings. The van der Waals surface area contributed by atoms with Gasteiger partial charge in [-0.25, -0.2) is 0 Å². The summed E-state index contributed by atoms with van der Waals surface area (Å²) in [5.74, 6) is 0.625. The Morgan fingerprint density at radius 3 is 2.42 bits per heavy atom. The molecular weight excluding hydrogens is 326 g/mol. The molecule has 2 N–H and O–H groups in total. The van der Waals surface area contributed by atoms with E-state index in [-0.39, 0.29) is 17.7 Å². The molecular formula is C21H25N3O2. The zero-order valence-electron chi connectivity index (χ0n) is 14.9. The Bertz CT molecular complexity index is 711. The lowest BCUT2D eigenvalue weighted by Gasteiger charge is -2.28. The second-order valence-corrected chi connectivity index (χ2v) is 6.87. The van der Waals surface area contributed by atoms with E-state index in [2.05, 4.69) is 15.6 Å². The lowest BCUT2D eigenvalue weighted by molar-refractivity contribution is -0.126. The lowest BCUT2D eigenvalue weighted by atomic mass is 9.81. The van der Waals surface area contributed by atoms with Gasteiger partial charge < -0.3 is 10.6 Å². The number of aromatic nitrogens is 1. The fourth-order valence-electron chi connectivity index (χ4n) is 3.39. The molecule has 5 nitrogen and oxygen atoms in total. The first-order valence-electron chi connectivity index (χ1n) is 9.22. The van der Waals surface area contributed by atoms with Gasteiger partial charge in [0.15, 0.2) is 0 Å². The van der Waals surface area contributed by atoms with Crippen LogP contribution in [0.1, 0.15) is 41.6 Å². The van der Waals surface area contributed by atoms with E-state index in [9.17, 15) is 9.59 Å². The molecule has 1 aromatic heterocycles. The molecule has 0 aliphatic heterocycles. The largest absolute Gasteiger partial charge is 0.352 e. The van der Waals surface area contributed by atoms with Crippen LogP contribution in [0.2, 0.25) is 0 Å². The topological polar surface area (TPSA) is 71.1 Å². The maximum absolute atomic E-state index is 12.3. The van der Waals surface area contributed by atoms with Gasteiger partial charge in [0.25, 0.3) is 5.91 Å². The maximum atomic E-state index is 12.3. The van der Waals surface area contributed by atoms with Crippen molar-refractivity contribution < 1.29 is 9.59 Å². The number of carbonyl (C=O) groups excluding carboxylic acids is 2. The van der Waals surface area contributed by atoms with Crippen molar-refractivity contribution in [1.29, 1.82) is 0 Å². The summed E-state index contributed by atoms with van der Waals surface area (Å²) in [6.45, 7) is 1.21. The van der Waals surface area contributed by atoms with Gasteiger partial charge in [-0.1, -0.05) is 24.3 Å². The zero-order chi connectivity index (χ0) is 18.2. The molecule has 1 fully saturated rings. The lowest BCUT2D eigenvalue weighted by Crippen LogP contribution is -2.36. The molecule has 5 heteroatoms. The first-order chi connectivity index (χ1) is 12.7. The summed E-state index contributed by atoms with van der Waals surface area (Å²) in [5, 5.41) is 6.02. The highest BCUT2D eigenvalue weighted by atomic mass is 16.2. The van der Waals surface area contributed by atoms with Crippen molar-refractivity contribution in [2.75, 3.05) is 6.54 Å². The van der Waals surface area contributed by atoms with E-state index in [1.54, 1.807) is 12.4 Å². The molecule has 0 atom stereocenters. The third-order valence-corrected chi connectivity index (χ3v) is 4.99. The second-order valence-electron chi connectivity index (χ2n) is 6.87. The second kappa shape index (κ2) is 9.13. The van der Waals surface area contributed by atoms with Crippen LogP contribution in [-0.4, -0.2) is 23.3 Å². The van der Waals surface area contributed by atoms with Gasteiger partial charge in [-0.15, -0.1) is 0 Å². The Morgan fingerprint density at radius 1 is 0.962 bits per heavy atom. The number of hydrogen-bond donors (Lipinski definition) is 2. The van der Waals surface area contributed by atoms with Gasteiger partial charge in [0.05, 0.1) is 0 Å². The number of hydrogen-bond acceptors (Lipinski definition) is 3. The summed E-state index contributed by atoms with van der Waals surface area (Å²) < 4.78 is 0. The third kappa shape index (κ3) is 5.15. The number of rotatable bonds is 6. The summed E-state index contributed by atoms with van der Waals surface area (Å²) in [4.78, 5) is 28.5. The molecule has 1 aromatic carbocycles. The van der Waals surface area contributed by atoms with Gasteiger partial charge in [-0.2, -0.15) is 0 Å². The van der Waals surface area contributed by atoms with Gasteiger partial charge in [-0.05, 0) is 55.4 Å². The summed E-state index contributed by atoms with van der Waals surface area (Å²) >= 11 is 0. The molecule has 0 spiro atoms. The number of amides is 2. The van der Waals surface area contributed by atoms with E-state index in [0.717, 1.165) is 31.2 Å². The predicted octanol–water partition coefficient (Wildman–Crippen LogP) is 2.93. The predicted molar refractivity (Wildman–Crippen MR) is 100 cm³/mol. The van der Waals surface area contributed by atoms with Crippen molar-refractivity contribution in [3.05, 3.63) is 66.0 Å². The quantitative estimate of drug-likeness (QED) is 0.840. The van der Waals surface area contributed by atoms with E-state index in [4.69, 9.17) is 0 Å². The molecule has 1 heterocycles. The molecule has 0 saturated heterocycles. The van der Waals surface area contributed by atoms with Crippen LogP contribution in [0.4, 0.5) is 0 Å². The van der Waals surface area contributed by atoms with Crippen molar-refractivity contribution in [2.45, 2.75) is 32.2 Å². The standard InChI is InChI=1S/C21H25N3O2/c25-20(18-6-2-1-3-7-18)23-14-16-8-10-19(11-9-16)21(26)24-15-17-5-4-12-22-13-17/h1-7,12-13,16,19H,8-11,14-15H2,(H,23,25)(H,24,26)/t16-,19-. The van der Waals surface area contributed by atoms with Gasteiger partial charge >= 0.3 is 0 Å². The normalized spacial score (nSPS) is 19.5. The number of pyridine rings is 1. The van der Waals surface area contributed by atoms with Crippen LogP contribution in [0.25, 0.3) is 0 Å².